The molecule has 5 nitrogen and oxygen atoms in total. The molecule has 112 valence electrons. The molecule has 0 aromatic rings. The van der Waals surface area contributed by atoms with Gasteiger partial charge < -0.3 is 5.73 Å². The number of nitrogens with two attached hydrogens (primary N) is 1. The minimum Gasteiger partial charge on any atom is -0.329 e. The Labute approximate surface area is 117 Å². The van der Waals surface area contributed by atoms with Gasteiger partial charge in [-0.3, -0.25) is 0 Å². The first-order chi connectivity index (χ1) is 8.92. The van der Waals surface area contributed by atoms with E-state index < -0.39 is 10.2 Å². The van der Waals surface area contributed by atoms with Crippen molar-refractivity contribution in [1.29, 1.82) is 0 Å². The Bertz CT molecular complexity index is 396. The third kappa shape index (κ3) is 2.82. The molecule has 0 unspecified atom stereocenters. The van der Waals surface area contributed by atoms with E-state index in [-0.39, 0.29) is 5.54 Å². The van der Waals surface area contributed by atoms with Crippen molar-refractivity contribution in [3.63, 3.8) is 0 Å². The van der Waals surface area contributed by atoms with Crippen LogP contribution in [-0.4, -0.2) is 49.2 Å². The van der Waals surface area contributed by atoms with Crippen molar-refractivity contribution in [3.8, 4) is 0 Å². The zero-order chi connectivity index (χ0) is 14.1. The Morgan fingerprint density at radius 3 is 2.26 bits per heavy atom. The Balaban J connectivity index is 2.14. The van der Waals surface area contributed by atoms with Crippen LogP contribution in [-0.2, 0) is 10.2 Å². The zero-order valence-electron chi connectivity index (χ0n) is 12.1. The molecule has 0 aromatic carbocycles. The number of hydrogen-bond donors (Lipinski definition) is 1. The van der Waals surface area contributed by atoms with E-state index in [1.165, 1.54) is 0 Å². The lowest BCUT2D eigenvalue weighted by molar-refractivity contribution is 0.199. The number of likely N-dealkylation sites (N-methyl/N-ethyl adjacent to an activating group) is 1. The summed E-state index contributed by atoms with van der Waals surface area (Å²) >= 11 is 0. The van der Waals surface area contributed by atoms with Gasteiger partial charge in [-0.25, -0.2) is 0 Å². The fourth-order valence-corrected chi connectivity index (χ4v) is 5.08. The molecule has 2 aliphatic rings. The van der Waals surface area contributed by atoms with Gasteiger partial charge in [-0.1, -0.05) is 19.8 Å². The van der Waals surface area contributed by atoms with Crippen LogP contribution in [0.4, 0.5) is 0 Å². The van der Waals surface area contributed by atoms with Crippen LogP contribution in [0, 0.1) is 5.92 Å². The molecule has 0 atom stereocenters. The van der Waals surface area contributed by atoms with E-state index in [0.29, 0.717) is 25.6 Å². The van der Waals surface area contributed by atoms with Gasteiger partial charge in [0.15, 0.2) is 0 Å². The number of piperidine rings is 1. The monoisotopic (exact) mass is 289 g/mol. The summed E-state index contributed by atoms with van der Waals surface area (Å²) in [5, 5.41) is 0. The van der Waals surface area contributed by atoms with Gasteiger partial charge in [0.05, 0.1) is 0 Å². The Morgan fingerprint density at radius 2 is 1.79 bits per heavy atom. The van der Waals surface area contributed by atoms with Crippen LogP contribution >= 0.6 is 0 Å². The van der Waals surface area contributed by atoms with Gasteiger partial charge >= 0.3 is 0 Å². The molecule has 0 aromatic heterocycles. The van der Waals surface area contributed by atoms with Crippen LogP contribution in [0.1, 0.15) is 45.4 Å². The summed E-state index contributed by atoms with van der Waals surface area (Å²) < 4.78 is 28.7. The smallest absolute Gasteiger partial charge is 0.282 e. The van der Waals surface area contributed by atoms with Crippen molar-refractivity contribution < 1.29 is 8.42 Å². The van der Waals surface area contributed by atoms with Gasteiger partial charge in [0.2, 0.25) is 0 Å². The van der Waals surface area contributed by atoms with Crippen molar-refractivity contribution in [3.05, 3.63) is 0 Å². The third-order valence-electron chi connectivity index (χ3n) is 5.00. The van der Waals surface area contributed by atoms with Crippen molar-refractivity contribution in [2.24, 2.45) is 11.7 Å². The second-order valence-corrected chi connectivity index (χ2v) is 8.15. The fraction of sp³-hybridized carbons (Fsp3) is 1.00. The normalized spacial score (nSPS) is 26.1. The molecule has 1 saturated heterocycles. The minimum atomic E-state index is -3.35. The molecule has 1 saturated carbocycles. The van der Waals surface area contributed by atoms with Gasteiger partial charge in [-0.2, -0.15) is 17.0 Å². The molecule has 0 bridgehead atoms. The molecule has 6 heteroatoms. The van der Waals surface area contributed by atoms with Crippen LogP contribution < -0.4 is 5.73 Å². The van der Waals surface area contributed by atoms with E-state index in [2.05, 4.69) is 6.92 Å². The Hall–Kier alpha value is -0.170. The van der Waals surface area contributed by atoms with Gasteiger partial charge in [0.1, 0.15) is 0 Å². The molecule has 2 fully saturated rings. The van der Waals surface area contributed by atoms with E-state index in [1.807, 2.05) is 0 Å². The molecular formula is C13H27N3O2S. The highest BCUT2D eigenvalue weighted by molar-refractivity contribution is 7.86. The van der Waals surface area contributed by atoms with Crippen LogP contribution in [0.3, 0.4) is 0 Å². The fourth-order valence-electron chi connectivity index (χ4n) is 3.31. The van der Waals surface area contributed by atoms with Gasteiger partial charge in [0, 0.05) is 32.2 Å². The standard InChI is InChI=1S/C13H27N3O2S/c1-12-5-9-16(10-6-12)19(17,18)15(2)13(11-14)7-3-4-8-13/h12H,3-11,14H2,1-2H3. The third-order valence-corrected chi connectivity index (χ3v) is 7.09. The second-order valence-electron chi connectivity index (χ2n) is 6.19. The summed E-state index contributed by atoms with van der Waals surface area (Å²) in [4.78, 5) is 0. The summed E-state index contributed by atoms with van der Waals surface area (Å²) in [5.41, 5.74) is 5.55. The first-order valence-corrected chi connectivity index (χ1v) is 8.76. The second kappa shape index (κ2) is 5.68. The average molecular weight is 289 g/mol. The average Bonchev–Trinajstić information content (AvgIpc) is 2.88. The predicted octanol–water partition coefficient (Wildman–Crippen LogP) is 1.17. The number of nitrogens with zero attached hydrogens (tertiary/aromatic N) is 2. The molecule has 2 rings (SSSR count). The highest BCUT2D eigenvalue weighted by Gasteiger charge is 2.44. The highest BCUT2D eigenvalue weighted by atomic mass is 32.2. The summed E-state index contributed by atoms with van der Waals surface area (Å²) in [6.07, 6.45) is 5.86. The molecule has 2 N–H and O–H groups in total. The van der Waals surface area contributed by atoms with Crippen LogP contribution in [0.2, 0.25) is 0 Å². The molecule has 1 heterocycles. The van der Waals surface area contributed by atoms with Crippen molar-refractivity contribution in [1.82, 2.24) is 8.61 Å². The lowest BCUT2D eigenvalue weighted by Crippen LogP contribution is -2.57. The van der Waals surface area contributed by atoms with Gasteiger partial charge in [-0.05, 0) is 31.6 Å². The molecule has 0 spiro atoms. The zero-order valence-corrected chi connectivity index (χ0v) is 13.0. The van der Waals surface area contributed by atoms with E-state index in [1.54, 1.807) is 15.7 Å². The van der Waals surface area contributed by atoms with Gasteiger partial charge in [0.25, 0.3) is 10.2 Å². The highest BCUT2D eigenvalue weighted by Crippen LogP contribution is 2.36. The SMILES string of the molecule is CC1CCN(S(=O)(=O)N(C)C2(CN)CCCC2)CC1. The first-order valence-electron chi connectivity index (χ1n) is 7.36. The van der Waals surface area contributed by atoms with Crippen molar-refractivity contribution in [2.75, 3.05) is 26.7 Å². The lowest BCUT2D eigenvalue weighted by Gasteiger charge is -2.41. The molecule has 1 aliphatic heterocycles. The number of rotatable bonds is 4. The predicted molar refractivity (Wildman–Crippen MR) is 76.9 cm³/mol. The Morgan fingerprint density at radius 1 is 1.26 bits per heavy atom. The van der Waals surface area contributed by atoms with E-state index >= 15 is 0 Å². The topological polar surface area (TPSA) is 66.6 Å². The van der Waals surface area contributed by atoms with Crippen LogP contribution in [0.15, 0.2) is 0 Å². The van der Waals surface area contributed by atoms with Crippen LogP contribution in [0.5, 0.6) is 0 Å². The summed E-state index contributed by atoms with van der Waals surface area (Å²) in [5.74, 6) is 0.631. The maximum absolute atomic E-state index is 12.7. The molecule has 19 heavy (non-hydrogen) atoms. The number of hydrogen-bond acceptors (Lipinski definition) is 3. The molecule has 1 aliphatic carbocycles. The first kappa shape index (κ1) is 15.2. The summed E-state index contributed by atoms with van der Waals surface area (Å²) in [6, 6.07) is 0. The van der Waals surface area contributed by atoms with Crippen molar-refractivity contribution >= 4 is 10.2 Å². The largest absolute Gasteiger partial charge is 0.329 e. The van der Waals surface area contributed by atoms with E-state index in [4.69, 9.17) is 5.73 Å². The minimum absolute atomic E-state index is 0.345. The molecule has 0 radical (unpaired) electrons. The molecular weight excluding hydrogens is 262 g/mol. The Kier molecular flexibility index (Phi) is 4.55. The van der Waals surface area contributed by atoms with Gasteiger partial charge in [-0.15, -0.1) is 0 Å². The molecule has 0 amide bonds. The lowest BCUT2D eigenvalue weighted by atomic mass is 9.98. The van der Waals surface area contributed by atoms with E-state index in [0.717, 1.165) is 38.5 Å². The summed E-state index contributed by atoms with van der Waals surface area (Å²) in [6.45, 7) is 3.90. The quantitative estimate of drug-likeness (QED) is 0.844. The summed E-state index contributed by atoms with van der Waals surface area (Å²) in [7, 11) is -1.64. The van der Waals surface area contributed by atoms with Crippen LogP contribution in [0.25, 0.3) is 0 Å². The van der Waals surface area contributed by atoms with E-state index in [9.17, 15) is 8.42 Å². The maximum Gasteiger partial charge on any atom is 0.282 e. The van der Waals surface area contributed by atoms with Crippen molar-refractivity contribution in [2.45, 2.75) is 51.0 Å². The maximum atomic E-state index is 12.7.